The number of imidazole rings is 1. The van der Waals surface area contributed by atoms with Crippen LogP contribution in [0.25, 0.3) is 11.2 Å². The van der Waals surface area contributed by atoms with Gasteiger partial charge in [-0.25, -0.2) is 14.3 Å². The van der Waals surface area contributed by atoms with Gasteiger partial charge in [-0.2, -0.15) is 4.98 Å². The summed E-state index contributed by atoms with van der Waals surface area (Å²) in [5, 5.41) is 31.6. The molecule has 1 aliphatic heterocycles. The number of phosphoric ester groups is 1. The summed E-state index contributed by atoms with van der Waals surface area (Å²) >= 11 is 0. The zero-order chi connectivity index (χ0) is 17.6. The summed E-state index contributed by atoms with van der Waals surface area (Å²) in [6, 6.07) is 0. The Morgan fingerprint density at radius 1 is 1.40 bits per heavy atom. The summed E-state index contributed by atoms with van der Waals surface area (Å²) in [6.45, 7) is -0.688. The van der Waals surface area contributed by atoms with Crippen molar-refractivity contribution in [1.82, 2.24) is 19.5 Å². The molecule has 0 aromatic carbocycles. The van der Waals surface area contributed by atoms with Crippen LogP contribution in [0.1, 0.15) is 6.23 Å². The Hall–Kier alpha value is -0.224. The predicted octanol–water partition coefficient (Wildman–Crippen LogP) is -6.07. The molecule has 0 radical (unpaired) electrons. The molecule has 3 heterocycles. The van der Waals surface area contributed by atoms with E-state index in [4.69, 9.17) is 14.5 Å². The van der Waals surface area contributed by atoms with Gasteiger partial charge >= 0.3 is 64.9 Å². The van der Waals surface area contributed by atoms with Crippen molar-refractivity contribution >= 4 is 19.0 Å². The van der Waals surface area contributed by atoms with Crippen molar-refractivity contribution in [2.45, 2.75) is 24.5 Å². The molecule has 2 aromatic heterocycles. The van der Waals surface area contributed by atoms with Crippen LogP contribution in [0.15, 0.2) is 11.1 Å². The number of hydrogen-bond donors (Lipinski definition) is 5. The summed E-state index contributed by atoms with van der Waals surface area (Å²) in [7, 11) is -4.79. The number of nitrogens with zero attached hydrogens (tertiary/aromatic N) is 3. The Bertz CT molecular complexity index is 866. The van der Waals surface area contributed by atoms with E-state index in [-0.39, 0.29) is 62.5 Å². The van der Waals surface area contributed by atoms with Gasteiger partial charge in [0.1, 0.15) is 23.8 Å². The molecule has 0 amide bonds. The van der Waals surface area contributed by atoms with Crippen LogP contribution in [0, 0.1) is 0 Å². The first-order chi connectivity index (χ1) is 11.2. The molecule has 5 N–H and O–H groups in total. The first-order valence-electron chi connectivity index (χ1n) is 6.53. The SMILES string of the molecule is O=c1nc2c(ncn2[C@@H]2O[C@H](COP(=O)(O)O)[C@@H](O)[C@H]2O)c([O-])[nH]1.[K+]. The predicted molar refractivity (Wildman–Crippen MR) is 71.5 cm³/mol. The molecule has 0 aliphatic carbocycles. The third kappa shape index (κ3) is 4.37. The Balaban J connectivity index is 0.00000225. The molecule has 0 unspecified atom stereocenters. The van der Waals surface area contributed by atoms with Crippen molar-refractivity contribution in [2.24, 2.45) is 0 Å². The van der Waals surface area contributed by atoms with Crippen LogP contribution in [0.3, 0.4) is 0 Å². The summed E-state index contributed by atoms with van der Waals surface area (Å²) in [5.74, 6) is -0.779. The van der Waals surface area contributed by atoms with E-state index in [1.807, 2.05) is 4.98 Å². The van der Waals surface area contributed by atoms with Gasteiger partial charge in [0, 0.05) is 0 Å². The number of aromatic nitrogens is 4. The van der Waals surface area contributed by atoms with Gasteiger partial charge in [-0.05, 0) is 5.88 Å². The molecule has 3 rings (SSSR count). The van der Waals surface area contributed by atoms with E-state index >= 15 is 0 Å². The summed E-state index contributed by atoms with van der Waals surface area (Å²) in [4.78, 5) is 37.9. The van der Waals surface area contributed by atoms with E-state index in [2.05, 4.69) is 14.5 Å². The van der Waals surface area contributed by atoms with Crippen LogP contribution in [-0.4, -0.2) is 64.4 Å². The molecule has 25 heavy (non-hydrogen) atoms. The number of ether oxygens (including phenoxy) is 1. The van der Waals surface area contributed by atoms with Gasteiger partial charge in [-0.15, -0.1) is 0 Å². The smallest absolute Gasteiger partial charge is 0.859 e. The molecule has 0 bridgehead atoms. The Kier molecular flexibility index (Phi) is 6.57. The van der Waals surface area contributed by atoms with Crippen LogP contribution >= 0.6 is 7.82 Å². The fraction of sp³-hybridized carbons (Fsp3) is 0.500. The molecule has 4 atom stereocenters. The van der Waals surface area contributed by atoms with Crippen LogP contribution in [0.5, 0.6) is 5.88 Å². The number of nitrogens with one attached hydrogen (secondary N) is 1. The van der Waals surface area contributed by atoms with Crippen molar-refractivity contribution < 1.29 is 90.3 Å². The first-order valence-corrected chi connectivity index (χ1v) is 8.06. The van der Waals surface area contributed by atoms with Gasteiger partial charge in [0.25, 0.3) is 0 Å². The second kappa shape index (κ2) is 7.80. The number of aromatic amines is 1. The van der Waals surface area contributed by atoms with Crippen LogP contribution in [-0.2, 0) is 13.8 Å². The van der Waals surface area contributed by atoms with E-state index < -0.39 is 50.5 Å². The second-order valence-corrected chi connectivity index (χ2v) is 6.27. The first kappa shape index (κ1) is 21.1. The van der Waals surface area contributed by atoms with E-state index in [9.17, 15) is 24.7 Å². The number of phosphoric acid groups is 1. The quantitative estimate of drug-likeness (QED) is 0.240. The maximum Gasteiger partial charge on any atom is 1.00 e. The van der Waals surface area contributed by atoms with Gasteiger partial charge < -0.3 is 34.8 Å². The second-order valence-electron chi connectivity index (χ2n) is 5.03. The van der Waals surface area contributed by atoms with Crippen LogP contribution in [0.2, 0.25) is 0 Å². The number of aliphatic hydroxyl groups is 2. The van der Waals surface area contributed by atoms with Gasteiger partial charge in [-0.3, -0.25) is 9.09 Å². The van der Waals surface area contributed by atoms with Gasteiger partial charge in [-0.1, -0.05) is 0 Å². The van der Waals surface area contributed by atoms with E-state index in [0.29, 0.717) is 0 Å². The molecule has 1 fully saturated rings. The minimum atomic E-state index is -4.79. The van der Waals surface area contributed by atoms with E-state index in [1.54, 1.807) is 0 Å². The zero-order valence-electron chi connectivity index (χ0n) is 12.7. The Morgan fingerprint density at radius 3 is 2.72 bits per heavy atom. The number of aliphatic hydroxyl groups excluding tert-OH is 2. The Morgan fingerprint density at radius 2 is 2.08 bits per heavy atom. The summed E-state index contributed by atoms with van der Waals surface area (Å²) < 4.78 is 21.3. The fourth-order valence-corrected chi connectivity index (χ4v) is 2.70. The summed E-state index contributed by atoms with van der Waals surface area (Å²) in [5.41, 5.74) is -1.27. The molecular formula is C10H12KN4O9P. The van der Waals surface area contributed by atoms with Gasteiger partial charge in [0.05, 0.1) is 12.9 Å². The van der Waals surface area contributed by atoms with Crippen molar-refractivity contribution in [3.05, 3.63) is 16.8 Å². The molecule has 2 aromatic rings. The summed E-state index contributed by atoms with van der Waals surface area (Å²) in [6.07, 6.45) is -4.54. The molecule has 1 aliphatic rings. The number of H-pyrrole nitrogens is 1. The van der Waals surface area contributed by atoms with Crippen molar-refractivity contribution in [3.63, 3.8) is 0 Å². The molecule has 0 saturated carbocycles. The van der Waals surface area contributed by atoms with Crippen molar-refractivity contribution in [2.75, 3.05) is 6.61 Å². The number of fused-ring (bicyclic) bond motifs is 1. The number of hydrogen-bond acceptors (Lipinski definition) is 9. The Labute approximate surface area is 181 Å². The monoisotopic (exact) mass is 402 g/mol. The fourth-order valence-electron chi connectivity index (χ4n) is 2.36. The minimum Gasteiger partial charge on any atom is -0.859 e. The van der Waals surface area contributed by atoms with Crippen molar-refractivity contribution in [1.29, 1.82) is 0 Å². The molecule has 13 nitrogen and oxygen atoms in total. The van der Waals surface area contributed by atoms with Crippen LogP contribution < -0.4 is 62.2 Å². The van der Waals surface area contributed by atoms with Gasteiger partial charge in [0.2, 0.25) is 0 Å². The normalized spacial score (nSPS) is 26.7. The molecule has 1 saturated heterocycles. The van der Waals surface area contributed by atoms with Crippen molar-refractivity contribution in [3.8, 4) is 5.88 Å². The minimum absolute atomic E-state index is 0. The maximum absolute atomic E-state index is 11.6. The third-order valence-electron chi connectivity index (χ3n) is 3.43. The van der Waals surface area contributed by atoms with E-state index in [1.165, 1.54) is 0 Å². The van der Waals surface area contributed by atoms with Gasteiger partial charge in [0.15, 0.2) is 11.9 Å². The molecule has 132 valence electrons. The number of rotatable bonds is 4. The topological polar surface area (TPSA) is 203 Å². The zero-order valence-corrected chi connectivity index (χ0v) is 16.7. The standard InChI is InChI=1S/C10H13N4O9P.K/c15-5-3(1-22-24(19,20)21)23-9(6(5)16)14-2-11-4-7(14)12-10(18)13-8(4)17;/h2-3,5-6,9,15-16H,1H2,(H2,19,20,21)(H2,12,13,17,18);/q;+1/p-1/t3-,5-,6-,9-;/m1./s1. The molecule has 0 spiro atoms. The largest absolute Gasteiger partial charge is 1.00 e. The third-order valence-corrected chi connectivity index (χ3v) is 3.91. The van der Waals surface area contributed by atoms with E-state index in [0.717, 1.165) is 10.9 Å². The maximum atomic E-state index is 11.6. The average Bonchev–Trinajstić information content (AvgIpc) is 3.00. The molecule has 15 heteroatoms. The van der Waals surface area contributed by atoms with Crippen LogP contribution in [0.4, 0.5) is 0 Å². The molecular weight excluding hydrogens is 390 g/mol. The average molecular weight is 402 g/mol.